The number of carbonyl (C=O) groups is 4. The summed E-state index contributed by atoms with van der Waals surface area (Å²) >= 11 is 0. The molecule has 0 spiro atoms. The quantitative estimate of drug-likeness (QED) is 0.0222. The Labute approximate surface area is 517 Å². The van der Waals surface area contributed by atoms with E-state index >= 15 is 0 Å². The Kier molecular flexibility index (Phi) is 54.8. The van der Waals surface area contributed by atoms with Gasteiger partial charge in [-0.05, 0) is 49.4 Å². The predicted octanol–water partition coefficient (Wildman–Crippen LogP) is 18.1. The zero-order valence-electron chi connectivity index (χ0n) is 55.2. The van der Waals surface area contributed by atoms with Crippen molar-refractivity contribution in [3.8, 4) is 0 Å². The van der Waals surface area contributed by atoms with Crippen molar-refractivity contribution in [2.45, 2.75) is 337 Å². The maximum Gasteiger partial charge on any atom is 0.472 e. The molecule has 0 radical (unpaired) electrons. The Hall–Kier alpha value is -1.94. The summed E-state index contributed by atoms with van der Waals surface area (Å²) in [7, 11) is -9.89. The molecule has 5 atom stereocenters. The molecular weight excluding hydrogens is 1130 g/mol. The van der Waals surface area contributed by atoms with Crippen LogP contribution in [0.1, 0.15) is 319 Å². The van der Waals surface area contributed by atoms with Gasteiger partial charge in [-0.15, -0.1) is 0 Å². The zero-order chi connectivity index (χ0) is 63.2. The van der Waals surface area contributed by atoms with Gasteiger partial charge in [-0.3, -0.25) is 37.3 Å². The molecule has 0 rings (SSSR count). The van der Waals surface area contributed by atoms with Crippen molar-refractivity contribution < 1.29 is 80.2 Å². The number of phosphoric acid groups is 2. The smallest absolute Gasteiger partial charge is 0.462 e. The highest BCUT2D eigenvalue weighted by atomic mass is 31.2. The van der Waals surface area contributed by atoms with Crippen LogP contribution in [0.3, 0.4) is 0 Å². The van der Waals surface area contributed by atoms with E-state index in [2.05, 4.69) is 55.4 Å². The lowest BCUT2D eigenvalue weighted by atomic mass is 10.0. The van der Waals surface area contributed by atoms with Crippen LogP contribution in [0, 0.1) is 23.7 Å². The van der Waals surface area contributed by atoms with Gasteiger partial charge in [-0.25, -0.2) is 9.13 Å². The summed E-state index contributed by atoms with van der Waals surface area (Å²) in [5.41, 5.74) is 0. The Balaban J connectivity index is 5.23. The molecule has 0 aromatic rings. The third-order valence-corrected chi connectivity index (χ3v) is 17.0. The molecule has 0 aromatic heterocycles. The van der Waals surface area contributed by atoms with Crippen LogP contribution < -0.4 is 0 Å². The molecule has 0 saturated carbocycles. The Morgan fingerprint density at radius 3 is 0.729 bits per heavy atom. The first-order chi connectivity index (χ1) is 40.6. The second-order valence-electron chi connectivity index (χ2n) is 25.8. The normalized spacial score (nSPS) is 14.4. The number of ether oxygens (including phenoxy) is 4. The fourth-order valence-corrected chi connectivity index (χ4v) is 11.4. The molecule has 0 aromatic carbocycles. The van der Waals surface area contributed by atoms with Gasteiger partial charge in [0.1, 0.15) is 19.3 Å². The Morgan fingerprint density at radius 2 is 0.494 bits per heavy atom. The second-order valence-corrected chi connectivity index (χ2v) is 28.7. The van der Waals surface area contributed by atoms with Gasteiger partial charge in [0.25, 0.3) is 0 Å². The molecule has 19 heteroatoms. The molecule has 17 nitrogen and oxygen atoms in total. The Bertz CT molecular complexity index is 1700. The first kappa shape index (κ1) is 83.1. The Morgan fingerprint density at radius 1 is 0.294 bits per heavy atom. The van der Waals surface area contributed by atoms with Crippen molar-refractivity contribution in [1.82, 2.24) is 0 Å². The summed E-state index contributed by atoms with van der Waals surface area (Å²) in [5, 5.41) is 10.5. The van der Waals surface area contributed by atoms with Crippen LogP contribution in [0.2, 0.25) is 0 Å². The van der Waals surface area contributed by atoms with Crippen molar-refractivity contribution in [3.63, 3.8) is 0 Å². The van der Waals surface area contributed by atoms with Gasteiger partial charge in [-0.2, -0.15) is 0 Å². The van der Waals surface area contributed by atoms with Crippen molar-refractivity contribution in [2.75, 3.05) is 39.6 Å². The summed E-state index contributed by atoms with van der Waals surface area (Å²) in [6, 6.07) is 0. The number of hydrogen-bond acceptors (Lipinski definition) is 15. The van der Waals surface area contributed by atoms with Crippen molar-refractivity contribution in [3.05, 3.63) is 0 Å². The van der Waals surface area contributed by atoms with Gasteiger partial charge < -0.3 is 33.8 Å². The number of rotatable bonds is 63. The fourth-order valence-electron chi connectivity index (χ4n) is 9.78. The molecule has 0 aliphatic heterocycles. The van der Waals surface area contributed by atoms with Crippen LogP contribution >= 0.6 is 15.6 Å². The van der Waals surface area contributed by atoms with Crippen LogP contribution in [-0.4, -0.2) is 96.7 Å². The fraction of sp³-hybridized carbons (Fsp3) is 0.939. The summed E-state index contributed by atoms with van der Waals surface area (Å²) in [6.07, 6.45) is 36.4. The van der Waals surface area contributed by atoms with Crippen LogP contribution in [0.4, 0.5) is 0 Å². The van der Waals surface area contributed by atoms with Crippen LogP contribution in [0.25, 0.3) is 0 Å². The van der Waals surface area contributed by atoms with Crippen molar-refractivity contribution >= 4 is 39.5 Å². The number of phosphoric ester groups is 2. The standard InChI is InChI=1S/C66H128O17P2/c1-56(2)42-34-26-18-13-9-11-15-21-30-38-46-63(68)76-53-62(83-66(71)49-41-33-25-24-29-37-45-59(7)8)55-81-85(74,75)79-51-60(67)50-78-84(72,73)80-54-61(52-77-64(69)47-39-31-23-17-20-28-36-44-58(5)6)82-65(70)48-40-32-22-16-12-10-14-19-27-35-43-57(3)4/h56-62,67H,9-55H2,1-8H3,(H,72,73)(H,74,75)/t60?,61-,62-/m1/s1. The van der Waals surface area contributed by atoms with E-state index in [1.165, 1.54) is 116 Å². The molecule has 504 valence electrons. The molecule has 0 aliphatic rings. The number of carbonyl (C=O) groups excluding carboxylic acids is 4. The SMILES string of the molecule is CC(C)CCCCCCCCCCCCC(=O)OC[C@H](COP(=O)(O)OCC(O)COP(=O)(O)OC[C@@H](COC(=O)CCCCCCCCCC(C)C)OC(=O)CCCCCCCCCCCCC(C)C)OC(=O)CCCCCCCCC(C)C. The second kappa shape index (κ2) is 56.1. The van der Waals surface area contributed by atoms with Gasteiger partial charge in [-0.1, -0.05) is 267 Å². The largest absolute Gasteiger partial charge is 0.472 e. The van der Waals surface area contributed by atoms with E-state index in [0.717, 1.165) is 108 Å². The summed E-state index contributed by atoms with van der Waals surface area (Å²) in [6.45, 7) is 13.9. The van der Waals surface area contributed by atoms with Gasteiger partial charge >= 0.3 is 39.5 Å². The third-order valence-electron chi connectivity index (χ3n) is 15.1. The number of esters is 4. The average Bonchev–Trinajstić information content (AvgIpc) is 3.55. The van der Waals surface area contributed by atoms with Gasteiger partial charge in [0, 0.05) is 25.7 Å². The highest BCUT2D eigenvalue weighted by molar-refractivity contribution is 7.47. The summed E-state index contributed by atoms with van der Waals surface area (Å²) in [4.78, 5) is 72.3. The van der Waals surface area contributed by atoms with Gasteiger partial charge in [0.15, 0.2) is 12.2 Å². The van der Waals surface area contributed by atoms with E-state index in [4.69, 9.17) is 37.0 Å². The van der Waals surface area contributed by atoms with E-state index in [1.54, 1.807) is 0 Å². The van der Waals surface area contributed by atoms with Crippen LogP contribution in [-0.2, 0) is 65.4 Å². The van der Waals surface area contributed by atoms with Gasteiger partial charge in [0.05, 0.1) is 26.4 Å². The molecule has 85 heavy (non-hydrogen) atoms. The zero-order valence-corrected chi connectivity index (χ0v) is 57.0. The lowest BCUT2D eigenvalue weighted by molar-refractivity contribution is -0.161. The van der Waals surface area contributed by atoms with Crippen molar-refractivity contribution in [1.29, 1.82) is 0 Å². The molecule has 0 aliphatic carbocycles. The van der Waals surface area contributed by atoms with E-state index in [-0.39, 0.29) is 25.7 Å². The minimum Gasteiger partial charge on any atom is -0.462 e. The minimum absolute atomic E-state index is 0.101. The van der Waals surface area contributed by atoms with Crippen molar-refractivity contribution in [2.24, 2.45) is 23.7 Å². The van der Waals surface area contributed by atoms with E-state index < -0.39 is 97.5 Å². The first-order valence-corrected chi connectivity index (χ1v) is 37.2. The van der Waals surface area contributed by atoms with Crippen LogP contribution in [0.15, 0.2) is 0 Å². The number of aliphatic hydroxyl groups excluding tert-OH is 1. The lowest BCUT2D eigenvalue weighted by Gasteiger charge is -2.21. The summed E-state index contributed by atoms with van der Waals surface area (Å²) in [5.74, 6) is 0.745. The third kappa shape index (κ3) is 60.7. The van der Waals surface area contributed by atoms with E-state index in [0.29, 0.717) is 37.5 Å². The number of unbranched alkanes of at least 4 members (excludes halogenated alkanes) is 29. The molecule has 0 bridgehead atoms. The maximum atomic E-state index is 13.0. The molecule has 3 N–H and O–H groups in total. The maximum absolute atomic E-state index is 13.0. The monoisotopic (exact) mass is 1250 g/mol. The first-order valence-electron chi connectivity index (χ1n) is 34.2. The molecule has 0 heterocycles. The van der Waals surface area contributed by atoms with E-state index in [1.807, 2.05) is 0 Å². The highest BCUT2D eigenvalue weighted by Gasteiger charge is 2.30. The lowest BCUT2D eigenvalue weighted by Crippen LogP contribution is -2.30. The van der Waals surface area contributed by atoms with Gasteiger partial charge in [0.2, 0.25) is 0 Å². The molecular formula is C66H128O17P2. The summed E-state index contributed by atoms with van der Waals surface area (Å²) < 4.78 is 68.0. The average molecular weight is 1260 g/mol. The minimum atomic E-state index is -4.95. The topological polar surface area (TPSA) is 237 Å². The van der Waals surface area contributed by atoms with Crippen LogP contribution in [0.5, 0.6) is 0 Å². The molecule has 3 unspecified atom stereocenters. The number of hydrogen-bond donors (Lipinski definition) is 3. The molecule has 0 amide bonds. The predicted molar refractivity (Wildman–Crippen MR) is 340 cm³/mol. The van der Waals surface area contributed by atoms with E-state index in [9.17, 15) is 43.2 Å². The highest BCUT2D eigenvalue weighted by Crippen LogP contribution is 2.45. The number of aliphatic hydroxyl groups is 1. The molecule has 0 fully saturated rings. The molecule has 0 saturated heterocycles.